The number of hydrogen-bond donors (Lipinski definition) is 1. The van der Waals surface area contributed by atoms with Gasteiger partial charge in [-0.05, 0) is 53.6 Å². The monoisotopic (exact) mass is 554 g/mol. The third-order valence-electron chi connectivity index (χ3n) is 6.41. The zero-order chi connectivity index (χ0) is 28.1. The van der Waals surface area contributed by atoms with E-state index in [1.165, 1.54) is 38.5 Å². The van der Waals surface area contributed by atoms with Gasteiger partial charge >= 0.3 is 11.8 Å². The summed E-state index contributed by atoms with van der Waals surface area (Å²) < 4.78 is 62.8. The first-order valence-corrected chi connectivity index (χ1v) is 11.7. The van der Waals surface area contributed by atoms with E-state index in [1.54, 1.807) is 18.2 Å². The lowest BCUT2D eigenvalue weighted by Gasteiger charge is -2.26. The molecule has 0 bridgehead atoms. The molecule has 1 aromatic heterocycles. The number of rotatable bonds is 4. The first-order chi connectivity index (χ1) is 18.6. The second-order valence-electron chi connectivity index (χ2n) is 8.57. The molecule has 7 nitrogen and oxygen atoms in total. The molecule has 2 N–H and O–H groups in total. The van der Waals surface area contributed by atoms with Crippen LogP contribution in [0.15, 0.2) is 75.3 Å². The van der Waals surface area contributed by atoms with Gasteiger partial charge < -0.3 is 24.4 Å². The smallest absolute Gasteiger partial charge is 0.417 e. The van der Waals surface area contributed by atoms with Crippen molar-refractivity contribution in [3.05, 3.63) is 98.2 Å². The lowest BCUT2D eigenvalue weighted by Crippen LogP contribution is -2.26. The van der Waals surface area contributed by atoms with Crippen molar-refractivity contribution >= 4 is 22.6 Å². The Bertz CT molecular complexity index is 1770. The van der Waals surface area contributed by atoms with Crippen molar-refractivity contribution in [1.29, 1.82) is 5.26 Å². The Balaban J connectivity index is 1.77. The topological polar surface area (TPSA) is 108 Å². The van der Waals surface area contributed by atoms with Crippen LogP contribution in [0.2, 0.25) is 5.02 Å². The molecule has 0 saturated carbocycles. The molecule has 1 atom stereocenters. The van der Waals surface area contributed by atoms with Crippen LogP contribution in [0.4, 0.5) is 13.2 Å². The number of ether oxygens (including phenoxy) is 3. The number of nitrogens with two attached hydrogens (primary N) is 1. The molecule has 0 fully saturated rings. The molecule has 1 aliphatic heterocycles. The van der Waals surface area contributed by atoms with E-state index < -0.39 is 28.3 Å². The molecule has 39 heavy (non-hydrogen) atoms. The van der Waals surface area contributed by atoms with Gasteiger partial charge in [0.1, 0.15) is 28.7 Å². The number of hydrogen-bond acceptors (Lipinski definition) is 7. The van der Waals surface area contributed by atoms with E-state index in [2.05, 4.69) is 0 Å². The number of halogens is 4. The third kappa shape index (κ3) is 4.41. The maximum Gasteiger partial charge on any atom is 0.417 e. The molecule has 3 aromatic carbocycles. The summed E-state index contributed by atoms with van der Waals surface area (Å²) in [4.78, 5) is 13.2. The van der Waals surface area contributed by atoms with Crippen molar-refractivity contribution in [3.63, 3.8) is 0 Å². The summed E-state index contributed by atoms with van der Waals surface area (Å²) in [6.07, 6.45) is -4.69. The number of nitriles is 1. The van der Waals surface area contributed by atoms with Crippen molar-refractivity contribution in [2.24, 2.45) is 5.73 Å². The first kappa shape index (κ1) is 26.0. The minimum atomic E-state index is -4.69. The van der Waals surface area contributed by atoms with Crippen LogP contribution in [0.3, 0.4) is 0 Å². The van der Waals surface area contributed by atoms with Gasteiger partial charge in [0.2, 0.25) is 5.88 Å². The Labute approximate surface area is 224 Å². The lowest BCUT2D eigenvalue weighted by atomic mass is 9.82. The van der Waals surface area contributed by atoms with Crippen molar-refractivity contribution in [1.82, 2.24) is 0 Å². The molecule has 1 unspecified atom stereocenters. The molecule has 198 valence electrons. The number of benzene rings is 3. The highest BCUT2D eigenvalue weighted by Crippen LogP contribution is 2.46. The van der Waals surface area contributed by atoms with Crippen LogP contribution in [-0.4, -0.2) is 14.2 Å². The summed E-state index contributed by atoms with van der Waals surface area (Å²) >= 11 is 5.82. The van der Waals surface area contributed by atoms with Crippen molar-refractivity contribution in [2.75, 3.05) is 14.2 Å². The molecule has 1 aliphatic rings. The molecule has 2 heterocycles. The first-order valence-electron chi connectivity index (χ1n) is 11.3. The van der Waals surface area contributed by atoms with E-state index in [4.69, 9.17) is 36.0 Å². The van der Waals surface area contributed by atoms with E-state index in [-0.39, 0.29) is 45.2 Å². The third-order valence-corrected chi connectivity index (χ3v) is 6.74. The average molecular weight is 555 g/mol. The zero-order valence-electron chi connectivity index (χ0n) is 20.4. The summed E-state index contributed by atoms with van der Waals surface area (Å²) in [7, 11) is 2.84. The van der Waals surface area contributed by atoms with Crippen LogP contribution in [0.1, 0.15) is 22.6 Å². The molecule has 0 amide bonds. The molecule has 0 spiro atoms. The summed E-state index contributed by atoms with van der Waals surface area (Å²) in [5.41, 5.74) is 5.29. The summed E-state index contributed by atoms with van der Waals surface area (Å²) in [6.45, 7) is 0. The predicted molar refractivity (Wildman–Crippen MR) is 137 cm³/mol. The Hall–Kier alpha value is -4.62. The van der Waals surface area contributed by atoms with Crippen LogP contribution < -0.4 is 25.6 Å². The molecule has 0 radical (unpaired) electrons. The van der Waals surface area contributed by atoms with E-state index in [0.29, 0.717) is 16.7 Å². The Morgan fingerprint density at radius 3 is 2.49 bits per heavy atom. The largest absolute Gasteiger partial charge is 0.497 e. The van der Waals surface area contributed by atoms with E-state index >= 15 is 0 Å². The molecule has 4 aromatic rings. The van der Waals surface area contributed by atoms with E-state index in [0.717, 1.165) is 12.1 Å². The summed E-state index contributed by atoms with van der Waals surface area (Å²) in [5, 5.41) is 9.89. The van der Waals surface area contributed by atoms with Crippen molar-refractivity contribution < 1.29 is 31.8 Å². The van der Waals surface area contributed by atoms with Gasteiger partial charge in [0, 0.05) is 5.56 Å². The normalized spacial score (nSPS) is 14.9. The Kier molecular flexibility index (Phi) is 6.40. The summed E-state index contributed by atoms with van der Waals surface area (Å²) in [6, 6.07) is 14.8. The number of nitrogens with zero attached hydrogens (tertiary/aromatic N) is 1. The average Bonchev–Trinajstić information content (AvgIpc) is 2.91. The molecule has 5 rings (SSSR count). The van der Waals surface area contributed by atoms with Gasteiger partial charge in [-0.25, -0.2) is 4.79 Å². The highest BCUT2D eigenvalue weighted by molar-refractivity contribution is 6.31. The fraction of sp³-hybridized carbons (Fsp3) is 0.143. The minimum absolute atomic E-state index is 0.00436. The van der Waals surface area contributed by atoms with Crippen LogP contribution in [-0.2, 0) is 6.18 Å². The van der Waals surface area contributed by atoms with Crippen LogP contribution >= 0.6 is 11.6 Å². The van der Waals surface area contributed by atoms with Gasteiger partial charge in [-0.3, -0.25) is 0 Å². The maximum absolute atomic E-state index is 13.6. The SMILES string of the molecule is COc1ccc2oc(=O)c3c(c2c1)OC(N)=C(C#N)C3c1ccc(OC)c(-c2ccc(Cl)c(C(F)(F)F)c2)c1. The summed E-state index contributed by atoms with van der Waals surface area (Å²) in [5.74, 6) is -0.475. The standard InChI is InChI=1S/C28H18ClF3N2O5/c1-36-15-5-8-22-17(11-15)25-24(27(35)38-22)23(18(12-33)26(34)39-25)14-4-7-21(37-2)16(9-14)13-3-6-20(29)19(10-13)28(30,31)32/h3-11,23H,34H2,1-2H3. The number of allylic oxidation sites excluding steroid dienone is 1. The quantitative estimate of drug-likeness (QED) is 0.292. The Morgan fingerprint density at radius 1 is 1.05 bits per heavy atom. The van der Waals surface area contributed by atoms with Gasteiger partial charge in [-0.1, -0.05) is 23.7 Å². The van der Waals surface area contributed by atoms with Gasteiger partial charge in [-0.15, -0.1) is 0 Å². The van der Waals surface area contributed by atoms with Gasteiger partial charge in [0.25, 0.3) is 0 Å². The van der Waals surface area contributed by atoms with Crippen molar-refractivity contribution in [2.45, 2.75) is 12.1 Å². The van der Waals surface area contributed by atoms with E-state index in [1.807, 2.05) is 6.07 Å². The van der Waals surface area contributed by atoms with Gasteiger partial charge in [0.05, 0.1) is 41.7 Å². The maximum atomic E-state index is 13.6. The highest BCUT2D eigenvalue weighted by atomic mass is 35.5. The van der Waals surface area contributed by atoms with Crippen molar-refractivity contribution in [3.8, 4) is 34.4 Å². The Morgan fingerprint density at radius 2 is 1.82 bits per heavy atom. The minimum Gasteiger partial charge on any atom is -0.497 e. The molecule has 0 saturated heterocycles. The fourth-order valence-corrected chi connectivity index (χ4v) is 4.82. The predicted octanol–water partition coefficient (Wildman–Crippen LogP) is 6.37. The van der Waals surface area contributed by atoms with Gasteiger partial charge in [0.15, 0.2) is 5.75 Å². The van der Waals surface area contributed by atoms with Crippen LogP contribution in [0, 0.1) is 11.3 Å². The number of fused-ring (bicyclic) bond motifs is 3. The number of methoxy groups -OCH3 is 2. The molecular formula is C28H18ClF3N2O5. The van der Waals surface area contributed by atoms with E-state index in [9.17, 15) is 23.2 Å². The molecular weight excluding hydrogens is 537 g/mol. The molecule has 11 heteroatoms. The number of alkyl halides is 3. The van der Waals surface area contributed by atoms with Crippen LogP contribution in [0.25, 0.3) is 22.1 Å². The fourth-order valence-electron chi connectivity index (χ4n) is 4.60. The second-order valence-corrected chi connectivity index (χ2v) is 8.98. The zero-order valence-corrected chi connectivity index (χ0v) is 21.1. The van der Waals surface area contributed by atoms with Gasteiger partial charge in [-0.2, -0.15) is 18.4 Å². The van der Waals surface area contributed by atoms with Crippen LogP contribution in [0.5, 0.6) is 17.2 Å². The molecule has 0 aliphatic carbocycles. The lowest BCUT2D eigenvalue weighted by molar-refractivity contribution is -0.137. The highest BCUT2D eigenvalue weighted by Gasteiger charge is 2.37. The second kappa shape index (κ2) is 9.60.